The van der Waals surface area contributed by atoms with Crippen LogP contribution in [-0.4, -0.2) is 52.9 Å². The molecule has 4 rings (SSSR count). The van der Waals surface area contributed by atoms with Crippen LogP contribution in [-0.2, 0) is 9.59 Å². The fourth-order valence-corrected chi connectivity index (χ4v) is 4.35. The Bertz CT molecular complexity index is 853. The smallest absolute Gasteiger partial charge is 0.237 e. The van der Waals surface area contributed by atoms with Gasteiger partial charge in [-0.1, -0.05) is 30.3 Å². The summed E-state index contributed by atoms with van der Waals surface area (Å²) < 4.78 is 0. The van der Waals surface area contributed by atoms with Crippen molar-refractivity contribution in [3.63, 3.8) is 0 Å². The molecule has 1 unspecified atom stereocenters. The number of amides is 2. The molecule has 2 aromatic carbocycles. The van der Waals surface area contributed by atoms with Crippen LogP contribution in [0.4, 0.5) is 5.69 Å². The molecule has 0 aliphatic carbocycles. The number of nitrogens with one attached hydrogen (secondary N) is 1. The second-order valence-electron chi connectivity index (χ2n) is 7.91. The Labute approximate surface area is 171 Å². The Balaban J connectivity index is 1.31. The Morgan fingerprint density at radius 3 is 2.52 bits per heavy atom. The van der Waals surface area contributed by atoms with Gasteiger partial charge in [-0.25, -0.2) is 0 Å². The molecule has 2 N–H and O–H groups in total. The van der Waals surface area contributed by atoms with Gasteiger partial charge in [-0.15, -0.1) is 0 Å². The van der Waals surface area contributed by atoms with Gasteiger partial charge in [-0.2, -0.15) is 0 Å². The lowest BCUT2D eigenvalue weighted by molar-refractivity contribution is -0.133. The summed E-state index contributed by atoms with van der Waals surface area (Å²) in [6.07, 6.45) is 2.79. The van der Waals surface area contributed by atoms with Crippen molar-refractivity contribution in [3.8, 4) is 5.75 Å². The molecule has 2 aliphatic rings. The van der Waals surface area contributed by atoms with Crippen LogP contribution < -0.4 is 5.32 Å². The van der Waals surface area contributed by atoms with Gasteiger partial charge >= 0.3 is 0 Å². The van der Waals surface area contributed by atoms with Gasteiger partial charge in [0.25, 0.3) is 0 Å². The van der Waals surface area contributed by atoms with E-state index in [0.717, 1.165) is 32.4 Å². The van der Waals surface area contributed by atoms with Crippen LogP contribution in [0.1, 0.15) is 30.9 Å². The van der Waals surface area contributed by atoms with Crippen molar-refractivity contribution in [2.75, 3.05) is 31.5 Å². The third-order valence-corrected chi connectivity index (χ3v) is 5.89. The number of carbonyl (C=O) groups is 2. The van der Waals surface area contributed by atoms with E-state index >= 15 is 0 Å². The number of nitrogens with zero attached hydrogens (tertiary/aromatic N) is 2. The normalized spacial score (nSPS) is 22.0. The predicted octanol–water partition coefficient (Wildman–Crippen LogP) is 3.02. The molecule has 2 heterocycles. The summed E-state index contributed by atoms with van der Waals surface area (Å²) in [6, 6.07) is 16.9. The number of phenols is 1. The van der Waals surface area contributed by atoms with Crippen LogP contribution in [0.15, 0.2) is 54.6 Å². The van der Waals surface area contributed by atoms with Crippen molar-refractivity contribution in [2.24, 2.45) is 5.92 Å². The molecule has 2 aliphatic heterocycles. The number of likely N-dealkylation sites (tertiary alicyclic amines) is 2. The van der Waals surface area contributed by atoms with Gasteiger partial charge in [-0.3, -0.25) is 14.5 Å². The molecular formula is C23H27N3O3. The Kier molecular flexibility index (Phi) is 5.81. The zero-order chi connectivity index (χ0) is 20.2. The maximum atomic E-state index is 12.9. The number of aromatic hydroxyl groups is 1. The molecule has 0 saturated carbocycles. The summed E-state index contributed by atoms with van der Waals surface area (Å²) in [5.74, 6) is 0.161. The van der Waals surface area contributed by atoms with Crippen molar-refractivity contribution in [2.45, 2.75) is 25.3 Å². The molecule has 29 heavy (non-hydrogen) atoms. The lowest BCUT2D eigenvalue weighted by Gasteiger charge is -2.27. The first-order valence-corrected chi connectivity index (χ1v) is 10.3. The highest BCUT2D eigenvalue weighted by molar-refractivity contribution is 5.93. The van der Waals surface area contributed by atoms with Gasteiger partial charge < -0.3 is 15.3 Å². The maximum Gasteiger partial charge on any atom is 0.237 e. The lowest BCUT2D eigenvalue weighted by atomic mass is 10.0. The lowest BCUT2D eigenvalue weighted by Crippen LogP contribution is -2.39. The molecule has 2 fully saturated rings. The maximum absolute atomic E-state index is 12.9. The molecule has 0 bridgehead atoms. The topological polar surface area (TPSA) is 72.9 Å². The highest BCUT2D eigenvalue weighted by Crippen LogP contribution is 2.32. The summed E-state index contributed by atoms with van der Waals surface area (Å²) in [6.45, 7) is 2.52. The number of phenolic OH excluding ortho intramolecular Hbond substituents is 1. The summed E-state index contributed by atoms with van der Waals surface area (Å²) in [4.78, 5) is 29.6. The van der Waals surface area contributed by atoms with Gasteiger partial charge in [0, 0.05) is 18.8 Å². The van der Waals surface area contributed by atoms with E-state index in [1.807, 2.05) is 23.1 Å². The van der Waals surface area contributed by atoms with E-state index in [0.29, 0.717) is 18.8 Å². The molecule has 2 aromatic rings. The van der Waals surface area contributed by atoms with Crippen molar-refractivity contribution < 1.29 is 14.7 Å². The Morgan fingerprint density at radius 1 is 1.00 bits per heavy atom. The molecule has 0 radical (unpaired) electrons. The quantitative estimate of drug-likeness (QED) is 0.766. The fraction of sp³-hybridized carbons (Fsp3) is 0.391. The van der Waals surface area contributed by atoms with E-state index in [4.69, 9.17) is 0 Å². The molecule has 2 amide bonds. The number of benzene rings is 2. The molecule has 0 aromatic heterocycles. The van der Waals surface area contributed by atoms with Crippen LogP contribution in [0.2, 0.25) is 0 Å². The van der Waals surface area contributed by atoms with E-state index in [1.54, 1.807) is 24.3 Å². The SMILES string of the molecule is O=C(Nc1ccc(O)cc1)[C@@H]1CCN(CC(=O)N2CCCC2c2ccccc2)C1. The zero-order valence-electron chi connectivity index (χ0n) is 16.5. The fourth-order valence-electron chi connectivity index (χ4n) is 4.35. The molecule has 0 spiro atoms. The first-order valence-electron chi connectivity index (χ1n) is 10.3. The molecular weight excluding hydrogens is 366 g/mol. The second kappa shape index (κ2) is 8.66. The average Bonchev–Trinajstić information content (AvgIpc) is 3.40. The minimum atomic E-state index is -0.125. The third-order valence-electron chi connectivity index (χ3n) is 5.89. The molecule has 2 atom stereocenters. The number of rotatable bonds is 5. The third kappa shape index (κ3) is 4.59. The van der Waals surface area contributed by atoms with Gasteiger partial charge in [0.1, 0.15) is 5.75 Å². The van der Waals surface area contributed by atoms with Crippen molar-refractivity contribution in [3.05, 3.63) is 60.2 Å². The summed E-state index contributed by atoms with van der Waals surface area (Å²) >= 11 is 0. The van der Waals surface area contributed by atoms with Crippen molar-refractivity contribution in [1.29, 1.82) is 0 Å². The monoisotopic (exact) mass is 393 g/mol. The number of hydrogen-bond donors (Lipinski definition) is 2. The predicted molar refractivity (Wildman–Crippen MR) is 111 cm³/mol. The molecule has 152 valence electrons. The van der Waals surface area contributed by atoms with Gasteiger partial charge in [0.05, 0.1) is 18.5 Å². The van der Waals surface area contributed by atoms with E-state index in [1.165, 1.54) is 5.56 Å². The van der Waals surface area contributed by atoms with Crippen LogP contribution >= 0.6 is 0 Å². The van der Waals surface area contributed by atoms with Crippen LogP contribution in [0.5, 0.6) is 5.75 Å². The van der Waals surface area contributed by atoms with Gasteiger partial charge in [0.2, 0.25) is 11.8 Å². The summed E-state index contributed by atoms with van der Waals surface area (Å²) in [5.41, 5.74) is 1.87. The first kappa shape index (κ1) is 19.5. The number of anilines is 1. The van der Waals surface area contributed by atoms with Crippen molar-refractivity contribution >= 4 is 17.5 Å². The number of hydrogen-bond acceptors (Lipinski definition) is 4. The highest BCUT2D eigenvalue weighted by atomic mass is 16.3. The Hall–Kier alpha value is -2.86. The minimum Gasteiger partial charge on any atom is -0.508 e. The van der Waals surface area contributed by atoms with Crippen LogP contribution in [0, 0.1) is 5.92 Å². The van der Waals surface area contributed by atoms with Crippen LogP contribution in [0.3, 0.4) is 0 Å². The standard InChI is InChI=1S/C23H27N3O3/c27-20-10-8-19(9-11-20)24-23(29)18-12-14-25(15-18)16-22(28)26-13-4-7-21(26)17-5-2-1-3-6-17/h1-3,5-6,8-11,18,21,27H,4,7,12-16H2,(H,24,29)/t18-,21?/m1/s1. The first-order chi connectivity index (χ1) is 14.1. The van der Waals surface area contributed by atoms with E-state index in [9.17, 15) is 14.7 Å². The number of carbonyl (C=O) groups excluding carboxylic acids is 2. The second-order valence-corrected chi connectivity index (χ2v) is 7.91. The van der Waals surface area contributed by atoms with E-state index < -0.39 is 0 Å². The average molecular weight is 393 g/mol. The molecule has 6 nitrogen and oxygen atoms in total. The highest BCUT2D eigenvalue weighted by Gasteiger charge is 2.34. The summed E-state index contributed by atoms with van der Waals surface area (Å²) in [7, 11) is 0. The van der Waals surface area contributed by atoms with E-state index in [-0.39, 0.29) is 29.5 Å². The largest absolute Gasteiger partial charge is 0.508 e. The zero-order valence-corrected chi connectivity index (χ0v) is 16.5. The minimum absolute atomic E-state index is 0.0334. The van der Waals surface area contributed by atoms with Gasteiger partial charge in [0.15, 0.2) is 0 Å². The summed E-state index contributed by atoms with van der Waals surface area (Å²) in [5, 5.41) is 12.2. The van der Waals surface area contributed by atoms with Gasteiger partial charge in [-0.05, 0) is 55.6 Å². The molecule has 2 saturated heterocycles. The van der Waals surface area contributed by atoms with Crippen LogP contribution in [0.25, 0.3) is 0 Å². The van der Waals surface area contributed by atoms with Crippen molar-refractivity contribution in [1.82, 2.24) is 9.80 Å². The Morgan fingerprint density at radius 2 is 1.76 bits per heavy atom. The molecule has 6 heteroatoms. The van der Waals surface area contributed by atoms with E-state index in [2.05, 4.69) is 22.3 Å².